The maximum absolute atomic E-state index is 9.05. The van der Waals surface area contributed by atoms with Crippen LogP contribution in [0, 0.1) is 18.3 Å². The van der Waals surface area contributed by atoms with Crippen molar-refractivity contribution >= 4 is 23.0 Å². The Morgan fingerprint density at radius 3 is 2.57 bits per heavy atom. The van der Waals surface area contributed by atoms with Gasteiger partial charge in [-0.25, -0.2) is 0 Å². The second-order valence-electron chi connectivity index (χ2n) is 5.23. The highest BCUT2D eigenvalue weighted by molar-refractivity contribution is 6.33. The Kier molecular flexibility index (Phi) is 4.44. The maximum atomic E-state index is 9.05. The minimum absolute atomic E-state index is 0.666. The molecule has 0 aliphatic carbocycles. The van der Waals surface area contributed by atoms with E-state index >= 15 is 0 Å². The van der Waals surface area contributed by atoms with Crippen molar-refractivity contribution in [2.24, 2.45) is 7.05 Å². The van der Waals surface area contributed by atoms with Gasteiger partial charge < -0.3 is 14.8 Å². The summed E-state index contributed by atoms with van der Waals surface area (Å²) in [5, 5.41) is 13.1. The van der Waals surface area contributed by atoms with Crippen molar-refractivity contribution in [3.05, 3.63) is 46.2 Å². The standard InChI is InChI=1S/C16H19ClN4/c1-11-12(7-14(9-18)21(11)4)10-19-13-5-6-16(20(2)3)15(17)8-13/h5-8,19H,10H2,1-4H3. The van der Waals surface area contributed by atoms with Crippen LogP contribution in [0.2, 0.25) is 5.02 Å². The second kappa shape index (κ2) is 6.11. The third-order valence-corrected chi connectivity index (χ3v) is 3.97. The van der Waals surface area contributed by atoms with Crippen LogP contribution in [0.3, 0.4) is 0 Å². The van der Waals surface area contributed by atoms with Crippen molar-refractivity contribution < 1.29 is 0 Å². The summed E-state index contributed by atoms with van der Waals surface area (Å²) < 4.78 is 1.90. The number of anilines is 2. The highest BCUT2D eigenvalue weighted by atomic mass is 35.5. The minimum atomic E-state index is 0.666. The molecule has 1 aromatic heterocycles. The number of benzene rings is 1. The first-order valence-corrected chi connectivity index (χ1v) is 7.08. The first-order valence-electron chi connectivity index (χ1n) is 6.70. The van der Waals surface area contributed by atoms with Crippen LogP contribution in [0.25, 0.3) is 0 Å². The molecule has 0 unspecified atom stereocenters. The van der Waals surface area contributed by atoms with Crippen LogP contribution in [0.4, 0.5) is 11.4 Å². The summed E-state index contributed by atoms with van der Waals surface area (Å²) in [5.74, 6) is 0. The Morgan fingerprint density at radius 1 is 1.33 bits per heavy atom. The summed E-state index contributed by atoms with van der Waals surface area (Å²) in [6, 6.07) is 10.0. The molecule has 0 saturated heterocycles. The number of rotatable bonds is 4. The van der Waals surface area contributed by atoms with Crippen LogP contribution in [0.15, 0.2) is 24.3 Å². The summed E-state index contributed by atoms with van der Waals surface area (Å²) in [4.78, 5) is 1.98. The minimum Gasteiger partial charge on any atom is -0.381 e. The molecule has 1 N–H and O–H groups in total. The van der Waals surface area contributed by atoms with Gasteiger partial charge in [-0.05, 0) is 36.8 Å². The summed E-state index contributed by atoms with van der Waals surface area (Å²) in [5.41, 5.74) is 4.83. The number of halogens is 1. The number of aromatic nitrogens is 1. The Bertz CT molecular complexity index is 695. The van der Waals surface area contributed by atoms with Crippen molar-refractivity contribution in [1.29, 1.82) is 5.26 Å². The molecule has 1 heterocycles. The van der Waals surface area contributed by atoms with Crippen LogP contribution in [-0.4, -0.2) is 18.7 Å². The molecule has 1 aromatic carbocycles. The van der Waals surface area contributed by atoms with E-state index in [2.05, 4.69) is 11.4 Å². The average Bonchev–Trinajstić information content (AvgIpc) is 2.72. The molecule has 0 atom stereocenters. The Labute approximate surface area is 130 Å². The predicted molar refractivity (Wildman–Crippen MR) is 88.0 cm³/mol. The van der Waals surface area contributed by atoms with Gasteiger partial charge in [-0.1, -0.05) is 11.6 Å². The fourth-order valence-corrected chi connectivity index (χ4v) is 2.58. The normalized spacial score (nSPS) is 10.3. The molecule has 0 radical (unpaired) electrons. The third-order valence-electron chi connectivity index (χ3n) is 3.67. The third kappa shape index (κ3) is 3.14. The lowest BCUT2D eigenvalue weighted by Crippen LogP contribution is -2.09. The fourth-order valence-electron chi connectivity index (χ4n) is 2.23. The van der Waals surface area contributed by atoms with E-state index in [9.17, 15) is 0 Å². The largest absolute Gasteiger partial charge is 0.381 e. The number of nitrogens with zero attached hydrogens (tertiary/aromatic N) is 3. The first kappa shape index (κ1) is 15.3. The Hall–Kier alpha value is -2.12. The zero-order chi connectivity index (χ0) is 15.6. The monoisotopic (exact) mass is 302 g/mol. The molecule has 4 nitrogen and oxygen atoms in total. The van der Waals surface area contributed by atoms with Gasteiger partial charge in [0.05, 0.1) is 10.7 Å². The van der Waals surface area contributed by atoms with Crippen LogP contribution in [0.1, 0.15) is 17.0 Å². The zero-order valence-electron chi connectivity index (χ0n) is 12.7. The first-order chi connectivity index (χ1) is 9.93. The van der Waals surface area contributed by atoms with Gasteiger partial charge >= 0.3 is 0 Å². The number of nitrogens with one attached hydrogen (secondary N) is 1. The van der Waals surface area contributed by atoms with E-state index in [-0.39, 0.29) is 0 Å². The van der Waals surface area contributed by atoms with Gasteiger partial charge in [0.2, 0.25) is 0 Å². The van der Waals surface area contributed by atoms with Crippen LogP contribution in [0.5, 0.6) is 0 Å². The quantitative estimate of drug-likeness (QED) is 0.939. The zero-order valence-corrected chi connectivity index (χ0v) is 13.5. The Balaban J connectivity index is 2.14. The van der Waals surface area contributed by atoms with Crippen molar-refractivity contribution in [3.8, 4) is 6.07 Å². The maximum Gasteiger partial charge on any atom is 0.120 e. The summed E-state index contributed by atoms with van der Waals surface area (Å²) >= 11 is 6.26. The molecule has 0 saturated carbocycles. The van der Waals surface area contributed by atoms with E-state index in [1.165, 1.54) is 0 Å². The van der Waals surface area contributed by atoms with Gasteiger partial charge in [0, 0.05) is 39.1 Å². The van der Waals surface area contributed by atoms with Gasteiger partial charge in [-0.15, -0.1) is 0 Å². The van der Waals surface area contributed by atoms with Crippen LogP contribution < -0.4 is 10.2 Å². The molecular weight excluding hydrogens is 284 g/mol. The molecule has 0 aliphatic rings. The molecule has 0 amide bonds. The molecule has 5 heteroatoms. The van der Waals surface area contributed by atoms with E-state index in [1.54, 1.807) is 0 Å². The summed E-state index contributed by atoms with van der Waals surface area (Å²) in [7, 11) is 5.83. The van der Waals surface area contributed by atoms with Crippen LogP contribution >= 0.6 is 11.6 Å². The smallest absolute Gasteiger partial charge is 0.120 e. The number of nitriles is 1. The second-order valence-corrected chi connectivity index (χ2v) is 5.63. The molecule has 2 aromatic rings. The molecule has 2 rings (SSSR count). The van der Waals surface area contributed by atoms with Gasteiger partial charge in [0.15, 0.2) is 0 Å². The predicted octanol–water partition coefficient (Wildman–Crippen LogP) is 3.54. The lowest BCUT2D eigenvalue weighted by Gasteiger charge is -2.15. The van der Waals surface area contributed by atoms with Gasteiger partial charge in [-0.2, -0.15) is 5.26 Å². The highest BCUT2D eigenvalue weighted by Gasteiger charge is 2.09. The highest BCUT2D eigenvalue weighted by Crippen LogP contribution is 2.27. The number of hydrogen-bond acceptors (Lipinski definition) is 3. The van der Waals surface area contributed by atoms with Crippen LogP contribution in [-0.2, 0) is 13.6 Å². The Morgan fingerprint density at radius 2 is 2.05 bits per heavy atom. The molecule has 0 bridgehead atoms. The molecule has 110 valence electrons. The average molecular weight is 303 g/mol. The van der Waals surface area contributed by atoms with Crippen molar-refractivity contribution in [2.75, 3.05) is 24.3 Å². The fraction of sp³-hybridized carbons (Fsp3) is 0.312. The SMILES string of the molecule is Cc1c(CNc2ccc(N(C)C)c(Cl)c2)cc(C#N)n1C. The van der Waals surface area contributed by atoms with E-state index in [0.717, 1.165) is 22.6 Å². The summed E-state index contributed by atoms with van der Waals surface area (Å²) in [6.45, 7) is 2.68. The summed E-state index contributed by atoms with van der Waals surface area (Å²) in [6.07, 6.45) is 0. The molecule has 0 aliphatic heterocycles. The molecule has 0 spiro atoms. The van der Waals surface area contributed by atoms with E-state index < -0.39 is 0 Å². The van der Waals surface area contributed by atoms with Gasteiger partial charge in [0.1, 0.15) is 11.8 Å². The lowest BCUT2D eigenvalue weighted by molar-refractivity contribution is 0.856. The molecular formula is C16H19ClN4. The topological polar surface area (TPSA) is 44.0 Å². The van der Waals surface area contributed by atoms with E-state index in [4.69, 9.17) is 16.9 Å². The van der Waals surface area contributed by atoms with E-state index in [0.29, 0.717) is 17.3 Å². The van der Waals surface area contributed by atoms with Gasteiger partial charge in [-0.3, -0.25) is 0 Å². The molecule has 21 heavy (non-hydrogen) atoms. The number of hydrogen-bond donors (Lipinski definition) is 1. The van der Waals surface area contributed by atoms with E-state index in [1.807, 2.05) is 61.8 Å². The lowest BCUT2D eigenvalue weighted by atomic mass is 10.2. The van der Waals surface area contributed by atoms with Crippen molar-refractivity contribution in [3.63, 3.8) is 0 Å². The molecule has 0 fully saturated rings. The van der Waals surface area contributed by atoms with Crippen molar-refractivity contribution in [1.82, 2.24) is 4.57 Å². The van der Waals surface area contributed by atoms with Crippen molar-refractivity contribution in [2.45, 2.75) is 13.5 Å². The van der Waals surface area contributed by atoms with Gasteiger partial charge in [0.25, 0.3) is 0 Å².